The van der Waals surface area contributed by atoms with Crippen LogP contribution in [-0.2, 0) is 4.74 Å². The first kappa shape index (κ1) is 14.9. The van der Waals surface area contributed by atoms with Gasteiger partial charge in [0.05, 0.1) is 6.10 Å². The normalized spacial score (nSPS) is 29.8. The zero-order valence-corrected chi connectivity index (χ0v) is 11.7. The number of hydrogen-bond acceptors (Lipinski definition) is 3. The van der Waals surface area contributed by atoms with Crippen LogP contribution in [0.25, 0.3) is 0 Å². The molecule has 3 atom stereocenters. The first-order valence-electron chi connectivity index (χ1n) is 7.06. The average Bonchev–Trinajstić information content (AvgIpc) is 2.34. The predicted octanol–water partition coefficient (Wildman–Crippen LogP) is 2.28. The van der Waals surface area contributed by atoms with Gasteiger partial charge in [0.2, 0.25) is 0 Å². The number of rotatable bonds is 7. The number of unbranched alkanes of at least 4 members (excludes halogenated alkanes) is 1. The molecule has 0 radical (unpaired) electrons. The van der Waals surface area contributed by atoms with Crippen molar-refractivity contribution < 1.29 is 9.84 Å². The molecule has 3 heteroatoms. The highest BCUT2D eigenvalue weighted by Gasteiger charge is 2.30. The van der Waals surface area contributed by atoms with Crippen LogP contribution in [0, 0.1) is 5.92 Å². The van der Waals surface area contributed by atoms with Crippen molar-refractivity contribution in [2.75, 3.05) is 27.3 Å². The van der Waals surface area contributed by atoms with Crippen molar-refractivity contribution in [1.29, 1.82) is 0 Å². The molecule has 1 N–H and O–H groups in total. The number of nitrogens with zero attached hydrogens (tertiary/aromatic N) is 1. The van der Waals surface area contributed by atoms with E-state index in [1.807, 2.05) is 0 Å². The summed E-state index contributed by atoms with van der Waals surface area (Å²) in [5.74, 6) is 0.769. The molecule has 0 amide bonds. The average molecular weight is 243 g/mol. The van der Waals surface area contributed by atoms with Gasteiger partial charge in [-0.3, -0.25) is 0 Å². The Balaban J connectivity index is 2.33. The van der Waals surface area contributed by atoms with Gasteiger partial charge in [0, 0.05) is 19.8 Å². The Morgan fingerprint density at radius 1 is 1.29 bits per heavy atom. The number of aliphatic hydroxyl groups is 1. The topological polar surface area (TPSA) is 32.7 Å². The standard InChI is InChI=1S/C14H29NO2/c1-4-12-7-8-13(16)11-14(12)15(2)9-5-6-10-17-3/h12-14,16H,4-11H2,1-3H3. The molecule has 3 unspecified atom stereocenters. The minimum Gasteiger partial charge on any atom is -0.393 e. The molecule has 0 aliphatic heterocycles. The second-order valence-electron chi connectivity index (χ2n) is 5.38. The van der Waals surface area contributed by atoms with Gasteiger partial charge >= 0.3 is 0 Å². The van der Waals surface area contributed by atoms with Crippen molar-refractivity contribution in [3.05, 3.63) is 0 Å². The first-order chi connectivity index (χ1) is 8.19. The second kappa shape index (κ2) is 8.06. The summed E-state index contributed by atoms with van der Waals surface area (Å²) >= 11 is 0. The minimum absolute atomic E-state index is 0.0794. The van der Waals surface area contributed by atoms with Gasteiger partial charge in [0.25, 0.3) is 0 Å². The molecule has 1 rings (SSSR count). The van der Waals surface area contributed by atoms with Gasteiger partial charge in [0.15, 0.2) is 0 Å². The SMILES string of the molecule is CCC1CCC(O)CC1N(C)CCCCOC. The van der Waals surface area contributed by atoms with Crippen LogP contribution in [0.4, 0.5) is 0 Å². The Morgan fingerprint density at radius 2 is 2.06 bits per heavy atom. The summed E-state index contributed by atoms with van der Waals surface area (Å²) in [5, 5.41) is 9.80. The smallest absolute Gasteiger partial charge is 0.0555 e. The predicted molar refractivity (Wildman–Crippen MR) is 71.2 cm³/mol. The summed E-state index contributed by atoms with van der Waals surface area (Å²) in [6.45, 7) is 4.25. The van der Waals surface area contributed by atoms with Crippen LogP contribution in [0.3, 0.4) is 0 Å². The highest BCUT2D eigenvalue weighted by atomic mass is 16.5. The van der Waals surface area contributed by atoms with Crippen molar-refractivity contribution in [1.82, 2.24) is 4.90 Å². The molecule has 0 saturated heterocycles. The van der Waals surface area contributed by atoms with Gasteiger partial charge in [0.1, 0.15) is 0 Å². The van der Waals surface area contributed by atoms with Crippen LogP contribution in [0.2, 0.25) is 0 Å². The second-order valence-corrected chi connectivity index (χ2v) is 5.38. The highest BCUT2D eigenvalue weighted by Crippen LogP contribution is 2.30. The molecule has 1 aliphatic rings. The molecular weight excluding hydrogens is 214 g/mol. The molecular formula is C14H29NO2. The van der Waals surface area contributed by atoms with Crippen LogP contribution in [0.5, 0.6) is 0 Å². The molecule has 1 saturated carbocycles. The third-order valence-corrected chi connectivity index (χ3v) is 4.13. The van der Waals surface area contributed by atoms with Crippen LogP contribution in [0.1, 0.15) is 45.4 Å². The van der Waals surface area contributed by atoms with E-state index in [4.69, 9.17) is 4.74 Å². The fourth-order valence-corrected chi connectivity index (χ4v) is 2.98. The number of hydrogen-bond donors (Lipinski definition) is 1. The maximum absolute atomic E-state index is 9.80. The fourth-order valence-electron chi connectivity index (χ4n) is 2.98. The highest BCUT2D eigenvalue weighted by molar-refractivity contribution is 4.85. The van der Waals surface area contributed by atoms with E-state index >= 15 is 0 Å². The van der Waals surface area contributed by atoms with Gasteiger partial charge in [-0.2, -0.15) is 0 Å². The van der Waals surface area contributed by atoms with Crippen molar-refractivity contribution in [2.24, 2.45) is 5.92 Å². The third kappa shape index (κ3) is 4.94. The molecule has 1 fully saturated rings. The molecule has 1 aliphatic carbocycles. The maximum atomic E-state index is 9.80. The van der Waals surface area contributed by atoms with Gasteiger partial charge in [-0.1, -0.05) is 13.3 Å². The molecule has 17 heavy (non-hydrogen) atoms. The molecule has 0 spiro atoms. The Morgan fingerprint density at radius 3 is 2.71 bits per heavy atom. The first-order valence-corrected chi connectivity index (χ1v) is 7.06. The van der Waals surface area contributed by atoms with Crippen molar-refractivity contribution in [3.8, 4) is 0 Å². The lowest BCUT2D eigenvalue weighted by Crippen LogP contribution is -2.44. The lowest BCUT2D eigenvalue weighted by Gasteiger charge is -2.39. The molecule has 0 heterocycles. The Kier molecular flexibility index (Phi) is 7.09. The monoisotopic (exact) mass is 243 g/mol. The van der Waals surface area contributed by atoms with Crippen LogP contribution >= 0.6 is 0 Å². The van der Waals surface area contributed by atoms with E-state index in [9.17, 15) is 5.11 Å². The zero-order chi connectivity index (χ0) is 12.7. The van der Waals surface area contributed by atoms with E-state index < -0.39 is 0 Å². The van der Waals surface area contributed by atoms with E-state index in [0.717, 1.165) is 38.3 Å². The summed E-state index contributed by atoms with van der Waals surface area (Å²) in [4.78, 5) is 2.45. The van der Waals surface area contributed by atoms with Crippen molar-refractivity contribution in [2.45, 2.75) is 57.6 Å². The summed E-state index contributed by atoms with van der Waals surface area (Å²) in [7, 11) is 3.96. The fraction of sp³-hybridized carbons (Fsp3) is 1.00. The van der Waals surface area contributed by atoms with E-state index in [-0.39, 0.29) is 6.10 Å². The summed E-state index contributed by atoms with van der Waals surface area (Å²) < 4.78 is 5.07. The van der Waals surface area contributed by atoms with Crippen molar-refractivity contribution >= 4 is 0 Å². The minimum atomic E-state index is -0.0794. The quantitative estimate of drug-likeness (QED) is 0.696. The number of methoxy groups -OCH3 is 1. The Labute approximate surface area is 106 Å². The van der Waals surface area contributed by atoms with E-state index in [1.165, 1.54) is 19.3 Å². The number of aliphatic hydroxyl groups excluding tert-OH is 1. The van der Waals surface area contributed by atoms with Gasteiger partial charge in [-0.05, 0) is 51.6 Å². The Bertz CT molecular complexity index is 199. The summed E-state index contributed by atoms with van der Waals surface area (Å²) in [6, 6.07) is 0.575. The van der Waals surface area contributed by atoms with Crippen molar-refractivity contribution in [3.63, 3.8) is 0 Å². The molecule has 0 aromatic carbocycles. The molecule has 3 nitrogen and oxygen atoms in total. The van der Waals surface area contributed by atoms with Crippen LogP contribution in [0.15, 0.2) is 0 Å². The summed E-state index contributed by atoms with van der Waals surface area (Å²) in [6.07, 6.45) is 6.61. The van der Waals surface area contributed by atoms with E-state index in [1.54, 1.807) is 7.11 Å². The van der Waals surface area contributed by atoms with Gasteiger partial charge in [-0.15, -0.1) is 0 Å². The largest absolute Gasteiger partial charge is 0.393 e. The van der Waals surface area contributed by atoms with Gasteiger partial charge in [-0.25, -0.2) is 0 Å². The molecule has 102 valence electrons. The molecule has 0 aromatic heterocycles. The Hall–Kier alpha value is -0.120. The molecule has 0 bridgehead atoms. The third-order valence-electron chi connectivity index (χ3n) is 4.13. The van der Waals surface area contributed by atoms with E-state index in [2.05, 4.69) is 18.9 Å². The lowest BCUT2D eigenvalue weighted by atomic mass is 9.80. The van der Waals surface area contributed by atoms with Crippen LogP contribution in [-0.4, -0.2) is 49.5 Å². The lowest BCUT2D eigenvalue weighted by molar-refractivity contribution is 0.0352. The maximum Gasteiger partial charge on any atom is 0.0555 e. The number of ether oxygens (including phenoxy) is 1. The zero-order valence-electron chi connectivity index (χ0n) is 11.7. The van der Waals surface area contributed by atoms with E-state index in [0.29, 0.717) is 6.04 Å². The van der Waals surface area contributed by atoms with Crippen LogP contribution < -0.4 is 0 Å². The molecule has 0 aromatic rings. The van der Waals surface area contributed by atoms with Gasteiger partial charge < -0.3 is 14.7 Å². The summed E-state index contributed by atoms with van der Waals surface area (Å²) in [5.41, 5.74) is 0.